The lowest BCUT2D eigenvalue weighted by molar-refractivity contribution is 0.0561. The monoisotopic (exact) mass is 412 g/mol. The molecule has 0 aromatic heterocycles. The Morgan fingerprint density at radius 1 is 1.17 bits per heavy atom. The van der Waals surface area contributed by atoms with Gasteiger partial charge in [0.15, 0.2) is 0 Å². The summed E-state index contributed by atoms with van der Waals surface area (Å²) >= 11 is 0. The number of aromatic hydroxyl groups is 1. The van der Waals surface area contributed by atoms with Gasteiger partial charge >= 0.3 is 0 Å². The number of fused-ring (bicyclic) bond motifs is 1. The summed E-state index contributed by atoms with van der Waals surface area (Å²) in [5.41, 5.74) is 5.87. The highest BCUT2D eigenvalue weighted by Gasteiger charge is 2.31. The first kappa shape index (κ1) is 24.3. The summed E-state index contributed by atoms with van der Waals surface area (Å²) in [6, 6.07) is 3.61. The second-order valence-corrected chi connectivity index (χ2v) is 9.41. The van der Waals surface area contributed by atoms with Gasteiger partial charge in [-0.1, -0.05) is 34.9 Å². The molecule has 1 aromatic rings. The maximum absolute atomic E-state index is 9.81. The lowest BCUT2D eigenvalue weighted by Gasteiger charge is -2.36. The average molecular weight is 413 g/mol. The van der Waals surface area contributed by atoms with Crippen molar-refractivity contribution in [1.29, 1.82) is 0 Å². The Hall–Kier alpha value is -2.00. The van der Waals surface area contributed by atoms with Gasteiger partial charge in [-0.25, -0.2) is 0 Å². The molecule has 0 amide bonds. The van der Waals surface area contributed by atoms with Gasteiger partial charge in [-0.2, -0.15) is 0 Å². The largest absolute Gasteiger partial charge is 0.508 e. The van der Waals surface area contributed by atoms with E-state index in [9.17, 15) is 10.2 Å². The van der Waals surface area contributed by atoms with Crippen molar-refractivity contribution in [2.45, 2.75) is 85.7 Å². The van der Waals surface area contributed by atoms with Crippen molar-refractivity contribution in [1.82, 2.24) is 0 Å². The molecule has 0 saturated heterocycles. The van der Waals surface area contributed by atoms with Gasteiger partial charge in [-0.05, 0) is 103 Å². The molecule has 0 radical (unpaired) electrons. The van der Waals surface area contributed by atoms with Crippen molar-refractivity contribution in [3.63, 3.8) is 0 Å². The predicted octanol–water partition coefficient (Wildman–Crippen LogP) is 6.81. The van der Waals surface area contributed by atoms with E-state index in [-0.39, 0.29) is 18.1 Å². The lowest BCUT2D eigenvalue weighted by atomic mass is 9.87. The summed E-state index contributed by atoms with van der Waals surface area (Å²) in [6.07, 6.45) is 12.7. The Bertz CT molecular complexity index is 812. The Kier molecular flexibility index (Phi) is 8.78. The number of rotatable bonds is 9. The molecule has 2 atom stereocenters. The second-order valence-electron chi connectivity index (χ2n) is 9.41. The van der Waals surface area contributed by atoms with Crippen molar-refractivity contribution in [2.75, 3.05) is 6.61 Å². The molecule has 2 N–H and O–H groups in total. The van der Waals surface area contributed by atoms with Crippen molar-refractivity contribution in [2.24, 2.45) is 5.92 Å². The normalized spacial score (nSPS) is 20.4. The molecule has 1 aliphatic rings. The zero-order valence-electron chi connectivity index (χ0n) is 19.7. The van der Waals surface area contributed by atoms with E-state index in [0.717, 1.165) is 55.4 Å². The van der Waals surface area contributed by atoms with Crippen LogP contribution in [0.2, 0.25) is 0 Å². The van der Waals surface area contributed by atoms with Crippen LogP contribution in [0.4, 0.5) is 0 Å². The van der Waals surface area contributed by atoms with E-state index >= 15 is 0 Å². The number of phenols is 1. The molecule has 2 rings (SSSR count). The highest BCUT2D eigenvalue weighted by molar-refractivity contribution is 5.47. The minimum absolute atomic E-state index is 0.135. The zero-order valence-corrected chi connectivity index (χ0v) is 19.7. The Morgan fingerprint density at radius 3 is 2.57 bits per heavy atom. The van der Waals surface area contributed by atoms with Gasteiger partial charge in [0.2, 0.25) is 0 Å². The first-order chi connectivity index (χ1) is 14.1. The number of hydrogen-bond donors (Lipinski definition) is 2. The van der Waals surface area contributed by atoms with Gasteiger partial charge in [0.1, 0.15) is 17.1 Å². The molecule has 0 bridgehead atoms. The van der Waals surface area contributed by atoms with Crippen LogP contribution >= 0.6 is 0 Å². The van der Waals surface area contributed by atoms with Crippen LogP contribution in [-0.4, -0.2) is 22.4 Å². The number of aryl methyl sites for hydroxylation is 2. The van der Waals surface area contributed by atoms with Gasteiger partial charge in [-0.15, -0.1) is 0 Å². The summed E-state index contributed by atoms with van der Waals surface area (Å²) in [5, 5.41) is 19.4. The Balaban J connectivity index is 1.86. The molecule has 3 nitrogen and oxygen atoms in total. The van der Waals surface area contributed by atoms with Crippen LogP contribution in [0.1, 0.15) is 77.8 Å². The van der Waals surface area contributed by atoms with E-state index in [1.807, 2.05) is 13.0 Å². The van der Waals surface area contributed by atoms with Crippen molar-refractivity contribution in [3.8, 4) is 11.5 Å². The summed E-state index contributed by atoms with van der Waals surface area (Å²) in [7, 11) is 0. The number of aliphatic hydroxyl groups is 1. The van der Waals surface area contributed by atoms with Gasteiger partial charge in [0.05, 0.1) is 6.61 Å². The van der Waals surface area contributed by atoms with Gasteiger partial charge in [-0.3, -0.25) is 0 Å². The molecule has 30 heavy (non-hydrogen) atoms. The van der Waals surface area contributed by atoms with E-state index in [4.69, 9.17) is 4.74 Å². The fourth-order valence-corrected chi connectivity index (χ4v) is 4.17. The van der Waals surface area contributed by atoms with Crippen molar-refractivity contribution < 1.29 is 14.9 Å². The molecule has 0 saturated carbocycles. The Labute approximate surface area is 183 Å². The summed E-state index contributed by atoms with van der Waals surface area (Å²) in [5.74, 6) is 1.42. The average Bonchev–Trinajstić information content (AvgIpc) is 2.66. The SMILES string of the molecule is CC(C)=CC(CO)C(C)=CCCC(C)=CCCC1(C)CCc2cc(O)cc(C)c2O1. The topological polar surface area (TPSA) is 49.7 Å². The maximum atomic E-state index is 9.81. The first-order valence-corrected chi connectivity index (χ1v) is 11.2. The number of hydrogen-bond acceptors (Lipinski definition) is 3. The van der Waals surface area contributed by atoms with Crippen LogP contribution in [0, 0.1) is 12.8 Å². The predicted molar refractivity (Wildman–Crippen MR) is 126 cm³/mol. The van der Waals surface area contributed by atoms with Crippen LogP contribution in [0.5, 0.6) is 11.5 Å². The minimum atomic E-state index is -0.152. The summed E-state index contributed by atoms with van der Waals surface area (Å²) in [6.45, 7) is 12.8. The molecule has 3 heteroatoms. The van der Waals surface area contributed by atoms with Crippen LogP contribution in [0.25, 0.3) is 0 Å². The van der Waals surface area contributed by atoms with Crippen molar-refractivity contribution >= 4 is 0 Å². The molecule has 2 unspecified atom stereocenters. The molecule has 0 spiro atoms. The molecule has 0 aliphatic carbocycles. The highest BCUT2D eigenvalue weighted by Crippen LogP contribution is 2.39. The van der Waals surface area contributed by atoms with E-state index in [1.54, 1.807) is 6.07 Å². The van der Waals surface area contributed by atoms with E-state index in [0.29, 0.717) is 5.75 Å². The molecule has 0 fully saturated rings. The minimum Gasteiger partial charge on any atom is -0.508 e. The van der Waals surface area contributed by atoms with Gasteiger partial charge < -0.3 is 14.9 Å². The fraction of sp³-hybridized carbons (Fsp3) is 0.556. The van der Waals surface area contributed by atoms with Crippen LogP contribution < -0.4 is 4.74 Å². The van der Waals surface area contributed by atoms with Crippen LogP contribution in [0.15, 0.2) is 47.1 Å². The molecule has 1 aromatic carbocycles. The number of allylic oxidation sites excluding steroid dienone is 4. The van der Waals surface area contributed by atoms with E-state index in [1.165, 1.54) is 16.7 Å². The number of benzene rings is 1. The highest BCUT2D eigenvalue weighted by atomic mass is 16.5. The molecular formula is C27H40O3. The fourth-order valence-electron chi connectivity index (χ4n) is 4.17. The van der Waals surface area contributed by atoms with E-state index in [2.05, 4.69) is 52.8 Å². The number of phenolic OH excluding ortho intramolecular Hbond substituents is 1. The van der Waals surface area contributed by atoms with Gasteiger partial charge in [0, 0.05) is 5.92 Å². The summed E-state index contributed by atoms with van der Waals surface area (Å²) < 4.78 is 6.39. The lowest BCUT2D eigenvalue weighted by Crippen LogP contribution is -2.36. The van der Waals surface area contributed by atoms with Gasteiger partial charge in [0.25, 0.3) is 0 Å². The molecular weight excluding hydrogens is 372 g/mol. The Morgan fingerprint density at radius 2 is 1.90 bits per heavy atom. The second kappa shape index (κ2) is 10.9. The standard InChI is InChI=1S/C27H40O3/c1-19(2)15-24(18-28)21(4)11-7-9-20(3)10-8-13-27(6)14-12-23-17-25(29)16-22(5)26(23)30-27/h10-11,15-17,24,28-29H,7-9,12-14,18H2,1-6H3. The third-order valence-corrected chi connectivity index (χ3v) is 6.09. The van der Waals surface area contributed by atoms with Crippen molar-refractivity contribution in [3.05, 3.63) is 58.2 Å². The molecule has 1 heterocycles. The summed E-state index contributed by atoms with van der Waals surface area (Å²) in [4.78, 5) is 0. The zero-order chi connectivity index (χ0) is 22.3. The van der Waals surface area contributed by atoms with Crippen LogP contribution in [-0.2, 0) is 6.42 Å². The maximum Gasteiger partial charge on any atom is 0.126 e. The number of ether oxygens (including phenoxy) is 1. The molecule has 166 valence electrons. The third kappa shape index (κ3) is 7.05. The third-order valence-electron chi connectivity index (χ3n) is 6.09. The number of aliphatic hydroxyl groups excluding tert-OH is 1. The smallest absolute Gasteiger partial charge is 0.126 e. The first-order valence-electron chi connectivity index (χ1n) is 11.2. The van der Waals surface area contributed by atoms with E-state index < -0.39 is 0 Å². The molecule has 1 aliphatic heterocycles. The quantitative estimate of drug-likeness (QED) is 0.438. The van der Waals surface area contributed by atoms with Crippen LogP contribution in [0.3, 0.4) is 0 Å².